The monoisotopic (exact) mass is 479 g/mol. The standard InChI is InChI=1S/C27H27O6P/c28-26(32-19-22-12-6-2-7-13-22)17-16-24(27(29)33-20-23-14-8-3-9-15-23)25(34(30)31)18-21-10-4-1-5-11-21/h1-15,24-25H,16-20H2/p+1. The van der Waals surface area contributed by atoms with Crippen LogP contribution in [0.5, 0.6) is 0 Å². The van der Waals surface area contributed by atoms with Crippen LogP contribution < -0.4 is 0 Å². The molecule has 0 aliphatic heterocycles. The molecule has 176 valence electrons. The molecular weight excluding hydrogens is 451 g/mol. The molecule has 0 amide bonds. The summed E-state index contributed by atoms with van der Waals surface area (Å²) in [6.45, 7) is 0.180. The van der Waals surface area contributed by atoms with Gasteiger partial charge in [0.1, 0.15) is 19.1 Å². The third-order valence-corrected chi connectivity index (χ3v) is 6.57. The molecule has 3 aromatic rings. The molecule has 0 saturated heterocycles. The summed E-state index contributed by atoms with van der Waals surface area (Å²) < 4.78 is 23.1. The highest BCUT2D eigenvalue weighted by Gasteiger charge is 2.43. The van der Waals surface area contributed by atoms with E-state index >= 15 is 0 Å². The summed E-state index contributed by atoms with van der Waals surface area (Å²) in [5, 5.41) is 0. The molecule has 6 nitrogen and oxygen atoms in total. The Kier molecular flexibility index (Phi) is 9.96. The Bertz CT molecular complexity index is 1060. The van der Waals surface area contributed by atoms with E-state index in [1.54, 1.807) is 0 Å². The Morgan fingerprint density at radius 1 is 0.735 bits per heavy atom. The van der Waals surface area contributed by atoms with Gasteiger partial charge in [0, 0.05) is 12.8 Å². The van der Waals surface area contributed by atoms with Gasteiger partial charge < -0.3 is 9.47 Å². The van der Waals surface area contributed by atoms with Crippen molar-refractivity contribution >= 4 is 20.0 Å². The van der Waals surface area contributed by atoms with Crippen LogP contribution in [0.1, 0.15) is 29.5 Å². The summed E-state index contributed by atoms with van der Waals surface area (Å²) in [4.78, 5) is 35.5. The van der Waals surface area contributed by atoms with Crippen LogP contribution in [-0.2, 0) is 43.3 Å². The predicted molar refractivity (Wildman–Crippen MR) is 129 cm³/mol. The number of hydrogen-bond acceptors (Lipinski definition) is 5. The van der Waals surface area contributed by atoms with Crippen LogP contribution in [0.25, 0.3) is 0 Å². The van der Waals surface area contributed by atoms with E-state index in [2.05, 4.69) is 0 Å². The molecule has 0 radical (unpaired) electrons. The molecule has 3 atom stereocenters. The lowest BCUT2D eigenvalue weighted by molar-refractivity contribution is -0.151. The molecule has 3 unspecified atom stereocenters. The minimum atomic E-state index is -2.70. The molecule has 3 rings (SSSR count). The molecule has 0 aliphatic carbocycles. The van der Waals surface area contributed by atoms with Gasteiger partial charge in [0.2, 0.25) is 5.66 Å². The highest BCUT2D eigenvalue weighted by molar-refractivity contribution is 7.39. The van der Waals surface area contributed by atoms with Gasteiger partial charge in [0.15, 0.2) is 0 Å². The van der Waals surface area contributed by atoms with Gasteiger partial charge >= 0.3 is 20.0 Å². The zero-order valence-corrected chi connectivity index (χ0v) is 19.7. The average Bonchev–Trinajstić information content (AvgIpc) is 2.87. The Morgan fingerprint density at radius 3 is 1.71 bits per heavy atom. The quantitative estimate of drug-likeness (QED) is 0.283. The fraction of sp³-hybridized carbons (Fsp3) is 0.259. The summed E-state index contributed by atoms with van der Waals surface area (Å²) in [5.41, 5.74) is 1.61. The Hall–Kier alpha value is -3.34. The topological polar surface area (TPSA) is 89.9 Å². The Labute approximate surface area is 200 Å². The average molecular weight is 479 g/mol. The van der Waals surface area contributed by atoms with Crippen molar-refractivity contribution in [3.63, 3.8) is 0 Å². The van der Waals surface area contributed by atoms with Crippen molar-refractivity contribution < 1.29 is 28.5 Å². The zero-order chi connectivity index (χ0) is 24.2. The van der Waals surface area contributed by atoms with Crippen molar-refractivity contribution in [2.75, 3.05) is 0 Å². The zero-order valence-electron chi connectivity index (χ0n) is 18.8. The van der Waals surface area contributed by atoms with Gasteiger partial charge in [-0.1, -0.05) is 91.0 Å². The molecule has 7 heteroatoms. The molecule has 0 aromatic heterocycles. The van der Waals surface area contributed by atoms with Gasteiger partial charge in [-0.2, -0.15) is 4.89 Å². The Balaban J connectivity index is 1.68. The molecule has 34 heavy (non-hydrogen) atoms. The predicted octanol–water partition coefficient (Wildman–Crippen LogP) is 5.22. The highest BCUT2D eigenvalue weighted by atomic mass is 31.1. The number of ether oxygens (including phenoxy) is 2. The fourth-order valence-corrected chi connectivity index (χ4v) is 4.56. The maximum atomic E-state index is 13.0. The lowest BCUT2D eigenvalue weighted by Gasteiger charge is -2.18. The van der Waals surface area contributed by atoms with Crippen molar-refractivity contribution in [1.82, 2.24) is 0 Å². The molecule has 0 fully saturated rings. The van der Waals surface area contributed by atoms with Gasteiger partial charge in [-0.05, 0) is 27.7 Å². The third-order valence-electron chi connectivity index (χ3n) is 5.46. The number of hydrogen-bond donors (Lipinski definition) is 1. The third kappa shape index (κ3) is 8.22. The number of benzene rings is 3. The fourth-order valence-electron chi connectivity index (χ4n) is 3.62. The number of rotatable bonds is 12. The first-order valence-corrected chi connectivity index (χ1v) is 12.4. The summed E-state index contributed by atoms with van der Waals surface area (Å²) in [5.74, 6) is -2.00. The van der Waals surface area contributed by atoms with Crippen LogP contribution in [0, 0.1) is 5.92 Å². The van der Waals surface area contributed by atoms with Crippen molar-refractivity contribution in [3.8, 4) is 0 Å². The summed E-state index contributed by atoms with van der Waals surface area (Å²) in [6, 6.07) is 27.7. The first-order chi connectivity index (χ1) is 16.5. The normalized spacial score (nSPS) is 12.9. The molecule has 1 N–H and O–H groups in total. The lowest BCUT2D eigenvalue weighted by Crippen LogP contribution is -2.30. The molecule has 0 spiro atoms. The van der Waals surface area contributed by atoms with Crippen molar-refractivity contribution in [2.24, 2.45) is 5.92 Å². The van der Waals surface area contributed by atoms with Gasteiger partial charge in [-0.3, -0.25) is 9.59 Å². The van der Waals surface area contributed by atoms with E-state index < -0.39 is 31.5 Å². The van der Waals surface area contributed by atoms with Crippen LogP contribution in [0.2, 0.25) is 0 Å². The molecular formula is C27H28O6P+. The molecule has 0 aliphatic rings. The molecule has 0 saturated carbocycles. The number of carbonyl (C=O) groups excluding carboxylic acids is 2. The van der Waals surface area contributed by atoms with Crippen molar-refractivity contribution in [1.29, 1.82) is 0 Å². The summed E-state index contributed by atoms with van der Waals surface area (Å²) in [6.07, 6.45) is 0.212. The minimum absolute atomic E-state index is 0.0505. The SMILES string of the molecule is O=C(CCC(C(=O)OCc1ccccc1)C(Cc1ccccc1)[P+](=O)O)OCc1ccccc1. The van der Waals surface area contributed by atoms with E-state index in [9.17, 15) is 19.0 Å². The van der Waals surface area contributed by atoms with E-state index in [1.807, 2.05) is 91.0 Å². The Morgan fingerprint density at radius 2 is 1.21 bits per heavy atom. The first-order valence-electron chi connectivity index (χ1n) is 11.1. The van der Waals surface area contributed by atoms with Crippen LogP contribution >= 0.6 is 8.03 Å². The van der Waals surface area contributed by atoms with Gasteiger partial charge in [0.05, 0.1) is 0 Å². The number of carbonyl (C=O) groups is 2. The maximum absolute atomic E-state index is 13.0. The summed E-state index contributed by atoms with van der Waals surface area (Å²) in [7, 11) is -2.70. The van der Waals surface area contributed by atoms with Crippen molar-refractivity contribution in [3.05, 3.63) is 108 Å². The first kappa shape index (κ1) is 25.3. The maximum Gasteiger partial charge on any atom is 0.509 e. The van der Waals surface area contributed by atoms with Crippen molar-refractivity contribution in [2.45, 2.75) is 38.1 Å². The van der Waals surface area contributed by atoms with Crippen LogP contribution in [-0.4, -0.2) is 22.5 Å². The van der Waals surface area contributed by atoms with Gasteiger partial charge in [-0.15, -0.1) is 0 Å². The van der Waals surface area contributed by atoms with Crippen LogP contribution in [0.15, 0.2) is 91.0 Å². The molecule has 3 aromatic carbocycles. The highest BCUT2D eigenvalue weighted by Crippen LogP contribution is 2.35. The smallest absolute Gasteiger partial charge is 0.461 e. The second kappa shape index (κ2) is 13.4. The van der Waals surface area contributed by atoms with Gasteiger partial charge in [-0.25, -0.2) is 0 Å². The van der Waals surface area contributed by atoms with E-state index in [-0.39, 0.29) is 32.5 Å². The van der Waals surface area contributed by atoms with E-state index in [0.717, 1.165) is 16.7 Å². The summed E-state index contributed by atoms with van der Waals surface area (Å²) >= 11 is 0. The largest absolute Gasteiger partial charge is 0.509 e. The minimum Gasteiger partial charge on any atom is -0.461 e. The lowest BCUT2D eigenvalue weighted by atomic mass is 9.94. The molecule has 0 heterocycles. The van der Waals surface area contributed by atoms with E-state index in [4.69, 9.17) is 9.47 Å². The van der Waals surface area contributed by atoms with Crippen LogP contribution in [0.4, 0.5) is 0 Å². The second-order valence-corrected chi connectivity index (χ2v) is 9.21. The number of esters is 2. The van der Waals surface area contributed by atoms with E-state index in [0.29, 0.717) is 0 Å². The van der Waals surface area contributed by atoms with Crippen LogP contribution in [0.3, 0.4) is 0 Å². The van der Waals surface area contributed by atoms with Gasteiger partial charge in [0.25, 0.3) is 0 Å². The van der Waals surface area contributed by atoms with E-state index in [1.165, 1.54) is 0 Å². The molecule has 0 bridgehead atoms. The second-order valence-electron chi connectivity index (χ2n) is 7.94.